The molecule has 2 N–H and O–H groups in total. The normalized spacial score (nSPS) is 10.8. The Kier molecular flexibility index (Phi) is 4.61. The smallest absolute Gasteiger partial charge is 0.307 e. The molecule has 0 unspecified atom stereocenters. The van der Waals surface area contributed by atoms with Gasteiger partial charge in [-0.15, -0.1) is 0 Å². The molecule has 5 nitrogen and oxygen atoms in total. The van der Waals surface area contributed by atoms with Crippen LogP contribution in [0.4, 0.5) is 4.39 Å². The number of carbonyl (C=O) groups is 1. The molecule has 0 saturated carbocycles. The first kappa shape index (κ1) is 16.8. The van der Waals surface area contributed by atoms with Crippen LogP contribution >= 0.6 is 0 Å². The third-order valence-electron chi connectivity index (χ3n) is 3.95. The zero-order valence-corrected chi connectivity index (χ0v) is 13.9. The summed E-state index contributed by atoms with van der Waals surface area (Å²) in [7, 11) is 1.54. The fourth-order valence-corrected chi connectivity index (χ4v) is 2.90. The number of methoxy groups -OCH3 is 1. The highest BCUT2D eigenvalue weighted by Crippen LogP contribution is 2.36. The van der Waals surface area contributed by atoms with E-state index in [0.717, 1.165) is 5.56 Å². The number of halogens is 1. The second kappa shape index (κ2) is 6.84. The van der Waals surface area contributed by atoms with Crippen molar-refractivity contribution in [1.29, 1.82) is 0 Å². The van der Waals surface area contributed by atoms with Crippen molar-refractivity contribution in [3.63, 3.8) is 0 Å². The van der Waals surface area contributed by atoms with E-state index in [1.165, 1.54) is 12.1 Å². The zero-order chi connectivity index (χ0) is 18.0. The summed E-state index contributed by atoms with van der Waals surface area (Å²) in [5.41, 5.74) is 2.59. The number of ether oxygens (including phenoxy) is 2. The number of rotatable bonds is 6. The first-order valence-electron chi connectivity index (χ1n) is 7.86. The van der Waals surface area contributed by atoms with E-state index in [1.54, 1.807) is 25.3 Å². The van der Waals surface area contributed by atoms with Crippen molar-refractivity contribution in [1.82, 2.24) is 4.98 Å². The van der Waals surface area contributed by atoms with Crippen molar-refractivity contribution < 1.29 is 23.8 Å². The molecule has 0 spiro atoms. The molecular formula is C19H18FNO4. The molecule has 0 amide bonds. The maximum atomic E-state index is 13.6. The van der Waals surface area contributed by atoms with Crippen LogP contribution < -0.4 is 9.47 Å². The Morgan fingerprint density at radius 1 is 1.20 bits per heavy atom. The number of aliphatic carboxylic acids is 1. The lowest BCUT2D eigenvalue weighted by Crippen LogP contribution is -2.01. The van der Waals surface area contributed by atoms with Crippen molar-refractivity contribution in [2.24, 2.45) is 0 Å². The van der Waals surface area contributed by atoms with E-state index in [2.05, 4.69) is 4.98 Å². The second-order valence-electron chi connectivity index (χ2n) is 5.54. The van der Waals surface area contributed by atoms with Gasteiger partial charge in [-0.3, -0.25) is 4.79 Å². The summed E-state index contributed by atoms with van der Waals surface area (Å²) in [6.07, 6.45) is -0.214. The van der Waals surface area contributed by atoms with Crippen LogP contribution in [-0.2, 0) is 11.2 Å². The third-order valence-corrected chi connectivity index (χ3v) is 3.95. The summed E-state index contributed by atoms with van der Waals surface area (Å²) in [5.74, 6) is -0.237. The molecule has 0 radical (unpaired) electrons. The minimum Gasteiger partial charge on any atom is -0.493 e. The molecule has 25 heavy (non-hydrogen) atoms. The Morgan fingerprint density at radius 2 is 2.00 bits per heavy atom. The van der Waals surface area contributed by atoms with Gasteiger partial charge in [0.2, 0.25) is 0 Å². The van der Waals surface area contributed by atoms with Crippen LogP contribution in [0.2, 0.25) is 0 Å². The summed E-state index contributed by atoms with van der Waals surface area (Å²) in [4.78, 5) is 14.5. The van der Waals surface area contributed by atoms with Gasteiger partial charge >= 0.3 is 5.97 Å². The Labute approximate surface area is 144 Å². The first-order chi connectivity index (χ1) is 12.0. The van der Waals surface area contributed by atoms with Gasteiger partial charge in [0, 0.05) is 16.5 Å². The zero-order valence-electron chi connectivity index (χ0n) is 13.9. The molecule has 0 fully saturated rings. The van der Waals surface area contributed by atoms with Gasteiger partial charge in [0.1, 0.15) is 5.82 Å². The quantitative estimate of drug-likeness (QED) is 0.709. The average Bonchev–Trinajstić information content (AvgIpc) is 2.93. The van der Waals surface area contributed by atoms with E-state index in [4.69, 9.17) is 9.47 Å². The van der Waals surface area contributed by atoms with Crippen molar-refractivity contribution >= 4 is 16.9 Å². The molecule has 0 atom stereocenters. The Bertz CT molecular complexity index is 933. The number of H-pyrrole nitrogens is 1. The van der Waals surface area contributed by atoms with Crippen molar-refractivity contribution in [3.05, 3.63) is 47.8 Å². The number of carboxylic acid groups (broad SMARTS) is 1. The Hall–Kier alpha value is -3.02. The van der Waals surface area contributed by atoms with E-state index in [1.807, 2.05) is 13.0 Å². The summed E-state index contributed by atoms with van der Waals surface area (Å²) < 4.78 is 24.5. The van der Waals surface area contributed by atoms with Crippen LogP contribution in [0.15, 0.2) is 36.4 Å². The van der Waals surface area contributed by atoms with Crippen molar-refractivity contribution in [2.45, 2.75) is 13.3 Å². The van der Waals surface area contributed by atoms with Crippen LogP contribution in [-0.4, -0.2) is 29.8 Å². The number of fused-ring (bicyclic) bond motifs is 1. The lowest BCUT2D eigenvalue weighted by molar-refractivity contribution is -0.136. The lowest BCUT2D eigenvalue weighted by Gasteiger charge is -2.11. The molecule has 2 aromatic carbocycles. The first-order valence-corrected chi connectivity index (χ1v) is 7.86. The predicted molar refractivity (Wildman–Crippen MR) is 92.8 cm³/mol. The van der Waals surface area contributed by atoms with Crippen molar-refractivity contribution in [3.8, 4) is 22.8 Å². The van der Waals surface area contributed by atoms with Gasteiger partial charge in [-0.25, -0.2) is 4.39 Å². The van der Waals surface area contributed by atoms with Crippen LogP contribution in [0.1, 0.15) is 12.5 Å². The summed E-state index contributed by atoms with van der Waals surface area (Å²) in [6.45, 7) is 2.39. The summed E-state index contributed by atoms with van der Waals surface area (Å²) >= 11 is 0. The standard InChI is InChI=1S/C19H18FNO4/c1-3-25-16-7-4-11(8-17(16)24-2)19-14(10-18(22)23)13-9-12(20)5-6-15(13)21-19/h4-9,21H,3,10H2,1-2H3,(H,22,23). The summed E-state index contributed by atoms with van der Waals surface area (Å²) in [5, 5.41) is 9.81. The molecule has 0 aliphatic carbocycles. The van der Waals surface area contributed by atoms with Gasteiger partial charge in [-0.05, 0) is 48.9 Å². The number of nitrogens with one attached hydrogen (secondary N) is 1. The number of hydrogen-bond acceptors (Lipinski definition) is 3. The molecule has 0 aliphatic heterocycles. The fraction of sp³-hybridized carbons (Fsp3) is 0.211. The van der Waals surface area contributed by atoms with E-state index in [9.17, 15) is 14.3 Å². The Morgan fingerprint density at radius 3 is 2.68 bits per heavy atom. The number of carboxylic acids is 1. The van der Waals surface area contributed by atoms with E-state index in [-0.39, 0.29) is 6.42 Å². The molecule has 0 bridgehead atoms. The number of aromatic nitrogens is 1. The van der Waals surface area contributed by atoms with Crippen LogP contribution in [0, 0.1) is 5.82 Å². The molecule has 3 aromatic rings. The minimum atomic E-state index is -0.982. The number of hydrogen-bond donors (Lipinski definition) is 2. The second-order valence-corrected chi connectivity index (χ2v) is 5.54. The highest BCUT2D eigenvalue weighted by Gasteiger charge is 2.18. The predicted octanol–water partition coefficient (Wildman–Crippen LogP) is 4.01. The molecule has 1 heterocycles. The van der Waals surface area contributed by atoms with Gasteiger partial charge in [0.15, 0.2) is 11.5 Å². The maximum Gasteiger partial charge on any atom is 0.307 e. The summed E-state index contributed by atoms with van der Waals surface area (Å²) in [6, 6.07) is 9.66. The van der Waals surface area contributed by atoms with Crippen LogP contribution in [0.5, 0.6) is 11.5 Å². The molecule has 130 valence electrons. The molecule has 6 heteroatoms. The lowest BCUT2D eigenvalue weighted by atomic mass is 10.0. The van der Waals surface area contributed by atoms with E-state index < -0.39 is 11.8 Å². The van der Waals surface area contributed by atoms with Gasteiger partial charge in [0.25, 0.3) is 0 Å². The highest BCUT2D eigenvalue weighted by molar-refractivity contribution is 5.94. The molecule has 0 aliphatic rings. The van der Waals surface area contributed by atoms with Crippen LogP contribution in [0.25, 0.3) is 22.2 Å². The molecule has 3 rings (SSSR count). The van der Waals surface area contributed by atoms with E-state index in [0.29, 0.717) is 40.3 Å². The van der Waals surface area contributed by atoms with Gasteiger partial charge in [0.05, 0.1) is 25.8 Å². The van der Waals surface area contributed by atoms with Crippen molar-refractivity contribution in [2.75, 3.05) is 13.7 Å². The Balaban J connectivity index is 2.19. The molecule has 1 aromatic heterocycles. The van der Waals surface area contributed by atoms with E-state index >= 15 is 0 Å². The largest absolute Gasteiger partial charge is 0.493 e. The van der Waals surface area contributed by atoms with Gasteiger partial charge < -0.3 is 19.6 Å². The molecular weight excluding hydrogens is 325 g/mol. The number of aromatic amines is 1. The SMILES string of the molecule is CCOc1ccc(-c2[nH]c3ccc(F)cc3c2CC(=O)O)cc1OC. The highest BCUT2D eigenvalue weighted by atomic mass is 19.1. The number of benzene rings is 2. The minimum absolute atomic E-state index is 0.214. The topological polar surface area (TPSA) is 71.6 Å². The fourth-order valence-electron chi connectivity index (χ4n) is 2.90. The average molecular weight is 343 g/mol. The monoisotopic (exact) mass is 343 g/mol. The van der Waals surface area contributed by atoms with Gasteiger partial charge in [-0.1, -0.05) is 0 Å². The maximum absolute atomic E-state index is 13.6. The molecule has 0 saturated heterocycles. The third kappa shape index (κ3) is 3.28. The van der Waals surface area contributed by atoms with Gasteiger partial charge in [-0.2, -0.15) is 0 Å². The van der Waals surface area contributed by atoms with Crippen LogP contribution in [0.3, 0.4) is 0 Å².